The molecule has 4 N–H and O–H groups in total. The standard InChI is InChI=1S/C21H22N2O5/c1-2-17(13-3-7-15(24)8-4-13)18(14-5-9-16(25)10-6-14)11-23-12-19(21(27)28)20(26)22-23/h3-10,12,17-18,24-25H,2,11H2,1H3,(H,22,26)(H,27,28)/t17-,18+/m0/s1. The normalized spacial score (nSPS) is 13.2. The molecule has 0 amide bonds. The topological polar surface area (TPSA) is 116 Å². The third-order valence-corrected chi connectivity index (χ3v) is 4.97. The van der Waals surface area contributed by atoms with Crippen molar-refractivity contribution in [1.82, 2.24) is 9.78 Å². The highest BCUT2D eigenvalue weighted by Crippen LogP contribution is 2.37. The van der Waals surface area contributed by atoms with Gasteiger partial charge in [-0.3, -0.25) is 14.6 Å². The first-order valence-electron chi connectivity index (χ1n) is 8.99. The predicted octanol–water partition coefficient (Wildman–Crippen LogP) is 3.26. The van der Waals surface area contributed by atoms with Gasteiger partial charge in [0.15, 0.2) is 0 Å². The van der Waals surface area contributed by atoms with Crippen molar-refractivity contribution in [2.24, 2.45) is 0 Å². The van der Waals surface area contributed by atoms with E-state index in [1.807, 2.05) is 31.2 Å². The monoisotopic (exact) mass is 382 g/mol. The second-order valence-electron chi connectivity index (χ2n) is 6.75. The number of carbonyl (C=O) groups is 1. The number of hydrogen-bond acceptors (Lipinski definition) is 4. The first-order chi connectivity index (χ1) is 13.4. The highest BCUT2D eigenvalue weighted by Gasteiger charge is 2.25. The molecule has 7 nitrogen and oxygen atoms in total. The molecule has 3 rings (SSSR count). The van der Waals surface area contributed by atoms with Crippen molar-refractivity contribution in [3.8, 4) is 11.5 Å². The first kappa shape index (κ1) is 19.3. The summed E-state index contributed by atoms with van der Waals surface area (Å²) in [7, 11) is 0. The molecular formula is C21H22N2O5. The van der Waals surface area contributed by atoms with Crippen LogP contribution in [0.1, 0.15) is 46.7 Å². The SMILES string of the molecule is CC[C@@H](c1ccc(O)cc1)[C@H](Cn1cc(C(=O)O)c(=O)[nH]1)c1ccc(O)cc1. The molecule has 146 valence electrons. The Morgan fingerprint density at radius 3 is 1.89 bits per heavy atom. The number of aromatic carboxylic acids is 1. The molecule has 0 aliphatic heterocycles. The number of aromatic hydroxyl groups is 2. The Morgan fingerprint density at radius 2 is 1.46 bits per heavy atom. The van der Waals surface area contributed by atoms with Gasteiger partial charge in [0.2, 0.25) is 0 Å². The van der Waals surface area contributed by atoms with E-state index in [-0.39, 0.29) is 28.9 Å². The zero-order valence-electron chi connectivity index (χ0n) is 15.4. The van der Waals surface area contributed by atoms with Crippen LogP contribution in [-0.2, 0) is 6.54 Å². The summed E-state index contributed by atoms with van der Waals surface area (Å²) in [5.74, 6) is -0.987. The number of nitrogens with zero attached hydrogens (tertiary/aromatic N) is 1. The van der Waals surface area contributed by atoms with Crippen molar-refractivity contribution in [2.45, 2.75) is 31.7 Å². The Labute approximate surface area is 161 Å². The Balaban J connectivity index is 2.02. The second-order valence-corrected chi connectivity index (χ2v) is 6.75. The number of H-pyrrole nitrogens is 1. The second kappa shape index (κ2) is 8.04. The number of aromatic nitrogens is 2. The van der Waals surface area contributed by atoms with Crippen LogP contribution in [0.4, 0.5) is 0 Å². The van der Waals surface area contributed by atoms with Crippen molar-refractivity contribution in [3.63, 3.8) is 0 Å². The average Bonchev–Trinajstić information content (AvgIpc) is 3.04. The van der Waals surface area contributed by atoms with Crippen LogP contribution in [-0.4, -0.2) is 31.1 Å². The molecule has 0 saturated heterocycles. The molecular weight excluding hydrogens is 360 g/mol. The minimum Gasteiger partial charge on any atom is -0.508 e. The quantitative estimate of drug-likeness (QED) is 0.501. The molecule has 0 unspecified atom stereocenters. The molecule has 0 spiro atoms. The summed E-state index contributed by atoms with van der Waals surface area (Å²) in [6.07, 6.45) is 2.09. The Morgan fingerprint density at radius 1 is 0.964 bits per heavy atom. The lowest BCUT2D eigenvalue weighted by Gasteiger charge is -2.28. The van der Waals surface area contributed by atoms with E-state index >= 15 is 0 Å². The number of hydrogen-bond donors (Lipinski definition) is 4. The summed E-state index contributed by atoms with van der Waals surface area (Å²) in [4.78, 5) is 23.1. The fraction of sp³-hybridized carbons (Fsp3) is 0.238. The summed E-state index contributed by atoms with van der Waals surface area (Å²) >= 11 is 0. The molecule has 1 aromatic heterocycles. The van der Waals surface area contributed by atoms with Crippen molar-refractivity contribution < 1.29 is 20.1 Å². The maximum Gasteiger partial charge on any atom is 0.342 e. The lowest BCUT2D eigenvalue weighted by atomic mass is 9.79. The summed E-state index contributed by atoms with van der Waals surface area (Å²) in [5, 5.41) is 30.9. The maximum atomic E-state index is 11.9. The van der Waals surface area contributed by atoms with Crippen molar-refractivity contribution >= 4 is 5.97 Å². The Hall–Kier alpha value is -3.48. The lowest BCUT2D eigenvalue weighted by Crippen LogP contribution is -2.19. The third-order valence-electron chi connectivity index (χ3n) is 4.97. The number of benzene rings is 2. The van der Waals surface area contributed by atoms with Gasteiger partial charge in [-0.25, -0.2) is 4.79 Å². The van der Waals surface area contributed by atoms with E-state index in [4.69, 9.17) is 5.11 Å². The highest BCUT2D eigenvalue weighted by atomic mass is 16.4. The number of phenolic OH excluding ortho intramolecular Hbond substituents is 2. The van der Waals surface area contributed by atoms with Crippen LogP contribution < -0.4 is 5.56 Å². The molecule has 28 heavy (non-hydrogen) atoms. The minimum atomic E-state index is -1.27. The van der Waals surface area contributed by atoms with E-state index in [1.165, 1.54) is 10.9 Å². The van der Waals surface area contributed by atoms with Crippen LogP contribution in [0.3, 0.4) is 0 Å². The van der Waals surface area contributed by atoms with Crippen molar-refractivity contribution in [2.75, 3.05) is 0 Å². The molecule has 0 bridgehead atoms. The largest absolute Gasteiger partial charge is 0.508 e. The molecule has 0 saturated carbocycles. The fourth-order valence-corrected chi connectivity index (χ4v) is 3.56. The molecule has 0 aliphatic rings. The van der Waals surface area contributed by atoms with E-state index in [0.717, 1.165) is 17.5 Å². The minimum absolute atomic E-state index is 0.0457. The van der Waals surface area contributed by atoms with Gasteiger partial charge in [-0.05, 0) is 47.7 Å². The highest BCUT2D eigenvalue weighted by molar-refractivity contribution is 5.86. The van der Waals surface area contributed by atoms with Gasteiger partial charge in [0.25, 0.3) is 5.56 Å². The summed E-state index contributed by atoms with van der Waals surface area (Å²) in [6, 6.07) is 13.8. The van der Waals surface area contributed by atoms with Gasteiger partial charge in [-0.15, -0.1) is 0 Å². The summed E-state index contributed by atoms with van der Waals surface area (Å²) < 4.78 is 1.49. The van der Waals surface area contributed by atoms with Crippen LogP contribution in [0, 0.1) is 0 Å². The zero-order valence-corrected chi connectivity index (χ0v) is 15.4. The molecule has 7 heteroatoms. The average molecular weight is 382 g/mol. The van der Waals surface area contributed by atoms with Crippen LogP contribution in [0.25, 0.3) is 0 Å². The molecule has 3 aromatic rings. The Bertz CT molecular complexity index is 1000. The van der Waals surface area contributed by atoms with Gasteiger partial charge in [0, 0.05) is 18.7 Å². The molecule has 2 atom stereocenters. The van der Waals surface area contributed by atoms with Crippen LogP contribution in [0.5, 0.6) is 11.5 Å². The number of carboxylic acid groups (broad SMARTS) is 1. The molecule has 2 aromatic carbocycles. The Kier molecular flexibility index (Phi) is 5.54. The van der Waals surface area contributed by atoms with Crippen LogP contribution in [0.15, 0.2) is 59.5 Å². The van der Waals surface area contributed by atoms with E-state index in [9.17, 15) is 19.8 Å². The van der Waals surface area contributed by atoms with Gasteiger partial charge in [0.1, 0.15) is 17.1 Å². The summed E-state index contributed by atoms with van der Waals surface area (Å²) in [6.45, 7) is 2.40. The fourth-order valence-electron chi connectivity index (χ4n) is 3.56. The smallest absolute Gasteiger partial charge is 0.342 e. The van der Waals surface area contributed by atoms with E-state index < -0.39 is 11.5 Å². The van der Waals surface area contributed by atoms with E-state index in [1.54, 1.807) is 24.3 Å². The zero-order chi connectivity index (χ0) is 20.3. The number of nitrogens with one attached hydrogen (secondary N) is 1. The van der Waals surface area contributed by atoms with Crippen molar-refractivity contribution in [3.05, 3.63) is 81.8 Å². The maximum absolute atomic E-state index is 11.9. The van der Waals surface area contributed by atoms with E-state index in [2.05, 4.69) is 5.10 Å². The lowest BCUT2D eigenvalue weighted by molar-refractivity contribution is 0.0695. The summed E-state index contributed by atoms with van der Waals surface area (Å²) in [5.41, 5.74) is 1.02. The van der Waals surface area contributed by atoms with Gasteiger partial charge in [-0.1, -0.05) is 31.2 Å². The molecule has 0 radical (unpaired) electrons. The van der Waals surface area contributed by atoms with Gasteiger partial charge in [-0.2, -0.15) is 0 Å². The van der Waals surface area contributed by atoms with Gasteiger partial charge >= 0.3 is 5.97 Å². The predicted molar refractivity (Wildman–Crippen MR) is 104 cm³/mol. The van der Waals surface area contributed by atoms with Gasteiger partial charge < -0.3 is 15.3 Å². The number of rotatable bonds is 7. The number of aromatic amines is 1. The van der Waals surface area contributed by atoms with Crippen LogP contribution >= 0.6 is 0 Å². The van der Waals surface area contributed by atoms with E-state index in [0.29, 0.717) is 6.54 Å². The molecule has 1 heterocycles. The third kappa shape index (κ3) is 4.09. The molecule has 0 aliphatic carbocycles. The van der Waals surface area contributed by atoms with Gasteiger partial charge in [0.05, 0.1) is 0 Å². The first-order valence-corrected chi connectivity index (χ1v) is 8.99. The van der Waals surface area contributed by atoms with Crippen molar-refractivity contribution in [1.29, 1.82) is 0 Å². The number of carboxylic acids is 1. The van der Waals surface area contributed by atoms with Crippen LogP contribution in [0.2, 0.25) is 0 Å². The molecule has 0 fully saturated rings. The number of phenols is 2.